The highest BCUT2D eigenvalue weighted by Gasteiger charge is 2.26. The number of hydrogen-bond acceptors (Lipinski definition) is 5. The number of carbonyl (C=O) groups is 2. The van der Waals surface area contributed by atoms with Gasteiger partial charge in [-0.2, -0.15) is 4.31 Å². The van der Waals surface area contributed by atoms with Gasteiger partial charge in [-0.1, -0.05) is 23.7 Å². The first-order valence-electron chi connectivity index (χ1n) is 10.2. The second kappa shape index (κ2) is 10.4. The van der Waals surface area contributed by atoms with Crippen LogP contribution in [0.3, 0.4) is 0 Å². The Morgan fingerprint density at radius 2 is 1.75 bits per heavy atom. The molecular weight excluding hydrogens is 454 g/mol. The van der Waals surface area contributed by atoms with Crippen LogP contribution in [-0.4, -0.2) is 69.8 Å². The molecule has 0 aromatic heterocycles. The van der Waals surface area contributed by atoms with Crippen molar-refractivity contribution in [3.05, 3.63) is 58.6 Å². The van der Waals surface area contributed by atoms with Crippen LogP contribution in [0.1, 0.15) is 22.3 Å². The Morgan fingerprint density at radius 3 is 2.38 bits per heavy atom. The number of nitrogens with zero attached hydrogens (tertiary/aromatic N) is 2. The molecule has 1 saturated heterocycles. The summed E-state index contributed by atoms with van der Waals surface area (Å²) in [4.78, 5) is 26.2. The van der Waals surface area contributed by atoms with Crippen LogP contribution in [0.5, 0.6) is 0 Å². The number of nitrogens with one attached hydrogen (secondary N) is 1. The normalized spacial score (nSPS) is 14.7. The van der Waals surface area contributed by atoms with Crippen molar-refractivity contribution >= 4 is 39.1 Å². The molecule has 1 N–H and O–H groups in total. The number of sulfonamides is 1. The first kappa shape index (κ1) is 24.2. The molecule has 1 aliphatic rings. The van der Waals surface area contributed by atoms with Crippen molar-refractivity contribution < 1.29 is 22.7 Å². The number of aryl methyl sites for hydroxylation is 1. The van der Waals surface area contributed by atoms with Crippen LogP contribution in [0.2, 0.25) is 5.02 Å². The molecule has 0 saturated carbocycles. The molecular formula is C22H26ClN3O5S. The van der Waals surface area contributed by atoms with E-state index >= 15 is 0 Å². The molecule has 32 heavy (non-hydrogen) atoms. The Hall–Kier alpha value is -2.46. The Kier molecular flexibility index (Phi) is 7.89. The molecule has 2 amide bonds. The van der Waals surface area contributed by atoms with Crippen LogP contribution in [0.15, 0.2) is 47.4 Å². The maximum atomic E-state index is 12.7. The van der Waals surface area contributed by atoms with E-state index in [1.165, 1.54) is 9.21 Å². The molecule has 172 valence electrons. The minimum atomic E-state index is -3.54. The standard InChI is InChI=1S/C22H26ClN3O5S/c1-25(2)22(28)19-15-17(6-9-20(19)23)24-21(27)10-5-16-3-7-18(8-4-16)32(29,30)26-11-13-31-14-12-26/h3-4,6-9,15H,5,10-14H2,1-2H3,(H,24,27). The quantitative estimate of drug-likeness (QED) is 0.658. The molecule has 2 aromatic carbocycles. The molecule has 1 aliphatic heterocycles. The first-order chi connectivity index (χ1) is 15.2. The second-order valence-electron chi connectivity index (χ2n) is 7.60. The third-order valence-corrected chi connectivity index (χ3v) is 7.30. The molecule has 0 atom stereocenters. The highest BCUT2D eigenvalue weighted by Crippen LogP contribution is 2.22. The summed E-state index contributed by atoms with van der Waals surface area (Å²) < 4.78 is 32.0. The third kappa shape index (κ3) is 5.86. The minimum Gasteiger partial charge on any atom is -0.379 e. The van der Waals surface area contributed by atoms with Gasteiger partial charge in [0.2, 0.25) is 15.9 Å². The Bertz CT molecular complexity index is 1080. The first-order valence-corrected chi connectivity index (χ1v) is 12.0. The molecule has 1 heterocycles. The summed E-state index contributed by atoms with van der Waals surface area (Å²) in [5.41, 5.74) is 1.64. The van der Waals surface area contributed by atoms with Crippen molar-refractivity contribution in [1.82, 2.24) is 9.21 Å². The van der Waals surface area contributed by atoms with Gasteiger partial charge in [0.15, 0.2) is 0 Å². The topological polar surface area (TPSA) is 96.0 Å². The van der Waals surface area contributed by atoms with Crippen molar-refractivity contribution in [2.45, 2.75) is 17.7 Å². The fourth-order valence-electron chi connectivity index (χ4n) is 3.25. The fraction of sp³-hybridized carbons (Fsp3) is 0.364. The SMILES string of the molecule is CN(C)C(=O)c1cc(NC(=O)CCc2ccc(S(=O)(=O)N3CCOCC3)cc2)ccc1Cl. The van der Waals surface area contributed by atoms with Crippen molar-refractivity contribution in [3.8, 4) is 0 Å². The molecule has 10 heteroatoms. The van der Waals surface area contributed by atoms with Crippen molar-refractivity contribution in [3.63, 3.8) is 0 Å². The predicted molar refractivity (Wildman–Crippen MR) is 122 cm³/mol. The lowest BCUT2D eigenvalue weighted by Gasteiger charge is -2.26. The number of ether oxygens (including phenoxy) is 1. The van der Waals surface area contributed by atoms with Crippen LogP contribution >= 0.6 is 11.6 Å². The van der Waals surface area contributed by atoms with Gasteiger partial charge in [0.1, 0.15) is 0 Å². The van der Waals surface area contributed by atoms with Gasteiger partial charge in [0.25, 0.3) is 5.91 Å². The lowest BCUT2D eigenvalue weighted by molar-refractivity contribution is -0.116. The molecule has 1 fully saturated rings. The van der Waals surface area contributed by atoms with Crippen molar-refractivity contribution in [2.75, 3.05) is 45.7 Å². The number of rotatable bonds is 7. The van der Waals surface area contributed by atoms with Crippen molar-refractivity contribution in [2.24, 2.45) is 0 Å². The molecule has 0 bridgehead atoms. The van der Waals surface area contributed by atoms with Crippen LogP contribution in [0.25, 0.3) is 0 Å². The average molecular weight is 480 g/mol. The number of amides is 2. The van der Waals surface area contributed by atoms with E-state index in [0.29, 0.717) is 49.0 Å². The number of carbonyl (C=O) groups excluding carboxylic acids is 2. The number of hydrogen-bond donors (Lipinski definition) is 1. The average Bonchev–Trinajstić information content (AvgIpc) is 2.79. The van der Waals surface area contributed by atoms with Gasteiger partial charge in [0.05, 0.1) is 28.7 Å². The molecule has 8 nitrogen and oxygen atoms in total. The zero-order valence-corrected chi connectivity index (χ0v) is 19.6. The maximum absolute atomic E-state index is 12.7. The molecule has 0 spiro atoms. The highest BCUT2D eigenvalue weighted by molar-refractivity contribution is 7.89. The summed E-state index contributed by atoms with van der Waals surface area (Å²) in [6, 6.07) is 11.3. The zero-order chi connectivity index (χ0) is 23.3. The lowest BCUT2D eigenvalue weighted by atomic mass is 10.1. The van der Waals surface area contributed by atoms with Gasteiger partial charge >= 0.3 is 0 Å². The Morgan fingerprint density at radius 1 is 1.09 bits per heavy atom. The summed E-state index contributed by atoms with van der Waals surface area (Å²) in [5, 5.41) is 3.08. The highest BCUT2D eigenvalue weighted by atomic mass is 35.5. The smallest absolute Gasteiger partial charge is 0.254 e. The van der Waals surface area contributed by atoms with Gasteiger partial charge in [-0.25, -0.2) is 8.42 Å². The molecule has 0 aliphatic carbocycles. The predicted octanol–water partition coefficient (Wildman–Crippen LogP) is 2.63. The van der Waals surface area contributed by atoms with E-state index in [9.17, 15) is 18.0 Å². The molecule has 0 radical (unpaired) electrons. The van der Waals surface area contributed by atoms with Crippen LogP contribution in [0.4, 0.5) is 5.69 Å². The van der Waals surface area contributed by atoms with Gasteiger partial charge in [0, 0.05) is 39.3 Å². The maximum Gasteiger partial charge on any atom is 0.254 e. The fourth-order valence-corrected chi connectivity index (χ4v) is 4.86. The summed E-state index contributed by atoms with van der Waals surface area (Å²) in [6.45, 7) is 1.48. The lowest BCUT2D eigenvalue weighted by Crippen LogP contribution is -2.40. The number of halogens is 1. The Labute approximate surface area is 193 Å². The van der Waals surface area contributed by atoms with Gasteiger partial charge < -0.3 is 15.0 Å². The van der Waals surface area contributed by atoms with Gasteiger partial charge in [-0.05, 0) is 42.3 Å². The number of morpholine rings is 1. The number of benzene rings is 2. The zero-order valence-electron chi connectivity index (χ0n) is 18.0. The monoisotopic (exact) mass is 479 g/mol. The summed E-state index contributed by atoms with van der Waals surface area (Å²) >= 11 is 6.10. The van der Waals surface area contributed by atoms with E-state index in [0.717, 1.165) is 5.56 Å². The largest absolute Gasteiger partial charge is 0.379 e. The number of anilines is 1. The van der Waals surface area contributed by atoms with E-state index in [4.69, 9.17) is 16.3 Å². The van der Waals surface area contributed by atoms with Crippen LogP contribution in [0, 0.1) is 0 Å². The van der Waals surface area contributed by atoms with Gasteiger partial charge in [-0.3, -0.25) is 9.59 Å². The summed E-state index contributed by atoms with van der Waals surface area (Å²) in [6.07, 6.45) is 0.649. The van der Waals surface area contributed by atoms with Crippen molar-refractivity contribution in [1.29, 1.82) is 0 Å². The van der Waals surface area contributed by atoms with E-state index < -0.39 is 10.0 Å². The molecule has 2 aromatic rings. The van der Waals surface area contributed by atoms with Gasteiger partial charge in [-0.15, -0.1) is 0 Å². The molecule has 3 rings (SSSR count). The minimum absolute atomic E-state index is 0.204. The molecule has 0 unspecified atom stereocenters. The van der Waals surface area contributed by atoms with E-state index in [-0.39, 0.29) is 23.1 Å². The van der Waals surface area contributed by atoms with Crippen LogP contribution in [-0.2, 0) is 26.0 Å². The summed E-state index contributed by atoms with van der Waals surface area (Å²) in [5.74, 6) is -0.473. The Balaban J connectivity index is 1.58. The summed E-state index contributed by atoms with van der Waals surface area (Å²) in [7, 11) is -0.287. The van der Waals surface area contributed by atoms with E-state index in [1.54, 1.807) is 56.6 Å². The second-order valence-corrected chi connectivity index (χ2v) is 9.95. The van der Waals surface area contributed by atoms with E-state index in [1.807, 2.05) is 0 Å². The van der Waals surface area contributed by atoms with E-state index in [2.05, 4.69) is 5.32 Å². The van der Waals surface area contributed by atoms with Crippen LogP contribution < -0.4 is 5.32 Å². The third-order valence-electron chi connectivity index (χ3n) is 5.06.